The molecule has 106 valence electrons. The highest BCUT2D eigenvalue weighted by atomic mass is 79.9. The van der Waals surface area contributed by atoms with Crippen molar-refractivity contribution in [1.82, 2.24) is 0 Å². The van der Waals surface area contributed by atoms with Gasteiger partial charge in [-0.3, -0.25) is 4.79 Å². The lowest BCUT2D eigenvalue weighted by atomic mass is 10.1. The van der Waals surface area contributed by atoms with E-state index in [9.17, 15) is 9.18 Å². The number of hydrogen-bond acceptors (Lipinski definition) is 3. The smallest absolute Gasteiger partial charge is 0.255 e. The predicted octanol–water partition coefficient (Wildman–Crippen LogP) is 3.72. The van der Waals surface area contributed by atoms with Crippen LogP contribution in [0.3, 0.4) is 0 Å². The van der Waals surface area contributed by atoms with Gasteiger partial charge in [-0.05, 0) is 46.3 Å². The quantitative estimate of drug-likeness (QED) is 0.919. The van der Waals surface area contributed by atoms with Gasteiger partial charge in [0.25, 0.3) is 5.91 Å². The average Bonchev–Trinajstić information content (AvgIpc) is 2.50. The van der Waals surface area contributed by atoms with Crippen LogP contribution in [0.25, 0.3) is 0 Å². The predicted molar refractivity (Wildman–Crippen MR) is 79.8 cm³/mol. The number of hydrogen-bond donors (Lipinski definition) is 1. The van der Waals surface area contributed by atoms with Crippen LogP contribution in [-0.2, 0) is 0 Å². The van der Waals surface area contributed by atoms with Crippen molar-refractivity contribution in [2.45, 2.75) is 0 Å². The van der Waals surface area contributed by atoms with Gasteiger partial charge >= 0.3 is 0 Å². The van der Waals surface area contributed by atoms with Gasteiger partial charge in [-0.15, -0.1) is 0 Å². The molecular formula is C15H10BrFN2O2. The minimum Gasteiger partial charge on any atom is -0.495 e. The molecule has 2 aromatic carbocycles. The number of halogens is 2. The number of amides is 1. The number of nitrogens with one attached hydrogen (secondary N) is 1. The fourth-order valence-electron chi connectivity index (χ4n) is 1.70. The van der Waals surface area contributed by atoms with Crippen molar-refractivity contribution in [2.75, 3.05) is 12.4 Å². The van der Waals surface area contributed by atoms with E-state index in [1.165, 1.54) is 31.4 Å². The average molecular weight is 349 g/mol. The van der Waals surface area contributed by atoms with Gasteiger partial charge in [0.05, 0.1) is 28.9 Å². The van der Waals surface area contributed by atoms with Crippen molar-refractivity contribution >= 4 is 27.5 Å². The minimum absolute atomic E-state index is 0.210. The molecule has 0 fully saturated rings. The van der Waals surface area contributed by atoms with E-state index < -0.39 is 11.7 Å². The maximum Gasteiger partial charge on any atom is 0.255 e. The largest absolute Gasteiger partial charge is 0.495 e. The molecule has 0 bridgehead atoms. The lowest BCUT2D eigenvalue weighted by molar-refractivity contribution is 0.102. The molecule has 0 unspecified atom stereocenters. The van der Waals surface area contributed by atoms with Gasteiger partial charge in [0.2, 0.25) is 0 Å². The van der Waals surface area contributed by atoms with E-state index in [0.29, 0.717) is 22.6 Å². The number of benzene rings is 2. The Hall–Kier alpha value is -2.39. The van der Waals surface area contributed by atoms with Crippen molar-refractivity contribution in [3.8, 4) is 11.8 Å². The summed E-state index contributed by atoms with van der Waals surface area (Å²) in [4.78, 5) is 12.1. The van der Waals surface area contributed by atoms with Crippen LogP contribution in [0, 0.1) is 17.1 Å². The van der Waals surface area contributed by atoms with Gasteiger partial charge in [0.1, 0.15) is 11.6 Å². The van der Waals surface area contributed by atoms with Crippen molar-refractivity contribution in [3.63, 3.8) is 0 Å². The molecule has 2 rings (SSSR count). The Morgan fingerprint density at radius 1 is 1.33 bits per heavy atom. The second-order valence-electron chi connectivity index (χ2n) is 4.11. The zero-order valence-corrected chi connectivity index (χ0v) is 12.6. The van der Waals surface area contributed by atoms with E-state index >= 15 is 0 Å². The molecule has 0 aromatic heterocycles. The summed E-state index contributed by atoms with van der Waals surface area (Å²) in [5.74, 6) is -0.468. The number of anilines is 1. The first kappa shape index (κ1) is 15.0. The topological polar surface area (TPSA) is 62.1 Å². The first-order chi connectivity index (χ1) is 10.0. The molecular weight excluding hydrogens is 339 g/mol. The molecule has 21 heavy (non-hydrogen) atoms. The molecule has 0 heterocycles. The molecule has 6 heteroatoms. The van der Waals surface area contributed by atoms with E-state index in [1.54, 1.807) is 12.1 Å². The fourth-order valence-corrected chi connectivity index (χ4v) is 2.07. The Bertz CT molecular complexity index is 741. The van der Waals surface area contributed by atoms with Crippen LogP contribution in [0.2, 0.25) is 0 Å². The van der Waals surface area contributed by atoms with Crippen molar-refractivity contribution in [2.24, 2.45) is 0 Å². The number of ether oxygens (including phenoxy) is 1. The molecule has 1 amide bonds. The Balaban J connectivity index is 2.27. The molecule has 0 atom stereocenters. The van der Waals surface area contributed by atoms with Crippen LogP contribution in [-0.4, -0.2) is 13.0 Å². The lowest BCUT2D eigenvalue weighted by Gasteiger charge is -2.10. The molecule has 0 saturated heterocycles. The van der Waals surface area contributed by atoms with E-state index in [-0.39, 0.29) is 4.47 Å². The van der Waals surface area contributed by atoms with Gasteiger partial charge in [0, 0.05) is 11.6 Å². The van der Waals surface area contributed by atoms with E-state index in [1.807, 2.05) is 6.07 Å². The summed E-state index contributed by atoms with van der Waals surface area (Å²) in [5.41, 5.74) is 1.16. The minimum atomic E-state index is -0.442. The molecule has 1 N–H and O–H groups in total. The van der Waals surface area contributed by atoms with E-state index in [2.05, 4.69) is 21.2 Å². The Labute approximate surface area is 129 Å². The number of rotatable bonds is 3. The SMILES string of the molecule is COc1cc(C#N)ccc1NC(=O)c1ccc(F)c(Br)c1. The van der Waals surface area contributed by atoms with E-state index in [0.717, 1.165) is 0 Å². The maximum atomic E-state index is 13.2. The Morgan fingerprint density at radius 3 is 2.71 bits per heavy atom. The second-order valence-corrected chi connectivity index (χ2v) is 4.96. The normalized spacial score (nSPS) is 9.81. The Kier molecular flexibility index (Phi) is 4.55. The summed E-state index contributed by atoms with van der Waals surface area (Å²) in [6, 6.07) is 10.6. The lowest BCUT2D eigenvalue weighted by Crippen LogP contribution is -2.12. The van der Waals surface area contributed by atoms with Crippen LogP contribution < -0.4 is 10.1 Å². The maximum absolute atomic E-state index is 13.2. The van der Waals surface area contributed by atoms with Gasteiger partial charge in [-0.1, -0.05) is 0 Å². The van der Waals surface area contributed by atoms with E-state index in [4.69, 9.17) is 10.00 Å². The molecule has 0 saturated carbocycles. The molecule has 0 aliphatic rings. The van der Waals surface area contributed by atoms with Crippen LogP contribution in [0.15, 0.2) is 40.9 Å². The Morgan fingerprint density at radius 2 is 2.10 bits per heavy atom. The number of nitrogens with zero attached hydrogens (tertiary/aromatic N) is 1. The van der Waals surface area contributed by atoms with Gasteiger partial charge < -0.3 is 10.1 Å². The highest BCUT2D eigenvalue weighted by Gasteiger charge is 2.12. The van der Waals surface area contributed by atoms with Crippen LogP contribution in [0.4, 0.5) is 10.1 Å². The highest BCUT2D eigenvalue weighted by molar-refractivity contribution is 9.10. The van der Waals surface area contributed by atoms with Crippen LogP contribution >= 0.6 is 15.9 Å². The van der Waals surface area contributed by atoms with Gasteiger partial charge in [-0.2, -0.15) is 5.26 Å². The van der Waals surface area contributed by atoms with Crippen molar-refractivity contribution in [3.05, 3.63) is 57.8 Å². The zero-order chi connectivity index (χ0) is 15.4. The number of carbonyl (C=O) groups is 1. The van der Waals surface area contributed by atoms with Crippen LogP contribution in [0.1, 0.15) is 15.9 Å². The summed E-state index contributed by atoms with van der Waals surface area (Å²) in [5, 5.41) is 11.5. The standard InChI is InChI=1S/C15H10BrFN2O2/c1-21-14-6-9(8-18)2-5-13(14)19-15(20)10-3-4-12(17)11(16)7-10/h2-7H,1H3,(H,19,20). The highest BCUT2D eigenvalue weighted by Crippen LogP contribution is 2.26. The van der Waals surface area contributed by atoms with Crippen molar-refractivity contribution < 1.29 is 13.9 Å². The van der Waals surface area contributed by atoms with Gasteiger partial charge in [-0.25, -0.2) is 4.39 Å². The third-order valence-electron chi connectivity index (χ3n) is 2.76. The summed E-state index contributed by atoms with van der Waals surface area (Å²) in [6.07, 6.45) is 0. The number of methoxy groups -OCH3 is 1. The molecule has 0 aliphatic heterocycles. The third kappa shape index (κ3) is 3.38. The monoisotopic (exact) mass is 348 g/mol. The molecule has 4 nitrogen and oxygen atoms in total. The first-order valence-electron chi connectivity index (χ1n) is 5.89. The summed E-state index contributed by atoms with van der Waals surface area (Å²) < 4.78 is 18.5. The summed E-state index contributed by atoms with van der Waals surface area (Å²) >= 11 is 3.03. The first-order valence-corrected chi connectivity index (χ1v) is 6.69. The summed E-state index contributed by atoms with van der Waals surface area (Å²) in [7, 11) is 1.45. The second kappa shape index (κ2) is 6.37. The van der Waals surface area contributed by atoms with Crippen molar-refractivity contribution in [1.29, 1.82) is 5.26 Å². The fraction of sp³-hybridized carbons (Fsp3) is 0.0667. The molecule has 0 spiro atoms. The van der Waals surface area contributed by atoms with Crippen LogP contribution in [0.5, 0.6) is 5.75 Å². The summed E-state index contributed by atoms with van der Waals surface area (Å²) in [6.45, 7) is 0. The zero-order valence-electron chi connectivity index (χ0n) is 11.0. The third-order valence-corrected chi connectivity index (χ3v) is 3.37. The molecule has 0 radical (unpaired) electrons. The van der Waals surface area contributed by atoms with Gasteiger partial charge in [0.15, 0.2) is 0 Å². The number of nitriles is 1. The number of carbonyl (C=O) groups excluding carboxylic acids is 1. The molecule has 2 aromatic rings. The molecule has 0 aliphatic carbocycles.